The molecule has 2 heteroatoms. The minimum Gasteiger partial charge on any atom is -0.293 e. The second-order valence-electron chi connectivity index (χ2n) is 2.45. The summed E-state index contributed by atoms with van der Waals surface area (Å²) in [5.41, 5.74) is 1.91. The van der Waals surface area contributed by atoms with E-state index < -0.39 is 0 Å². The molecule has 0 heterocycles. The molecule has 1 nitrogen and oxygen atoms in total. The highest BCUT2D eigenvalue weighted by molar-refractivity contribution is 7.81. The van der Waals surface area contributed by atoms with Gasteiger partial charge in [0, 0.05) is 5.56 Å². The van der Waals surface area contributed by atoms with Crippen molar-refractivity contribution in [1.82, 2.24) is 0 Å². The third-order valence-electron chi connectivity index (χ3n) is 1.52. The van der Waals surface area contributed by atoms with Gasteiger partial charge in [0.1, 0.15) is 0 Å². The zero-order valence-corrected chi connectivity index (χ0v) is 7.27. The van der Waals surface area contributed by atoms with Crippen molar-refractivity contribution in [2.24, 2.45) is 0 Å². The molecule has 0 amide bonds. The normalized spacial score (nSPS) is 9.64. The summed E-state index contributed by atoms with van der Waals surface area (Å²) < 4.78 is 0. The Kier molecular flexibility index (Phi) is 2.71. The first-order valence-corrected chi connectivity index (χ1v) is 4.08. The molecule has 1 aromatic rings. The fraction of sp³-hybridized carbons (Fsp3) is 0.222. The summed E-state index contributed by atoms with van der Waals surface area (Å²) in [5, 5.41) is 0. The lowest BCUT2D eigenvalue weighted by atomic mass is 10.1. The van der Waals surface area contributed by atoms with E-state index in [2.05, 4.69) is 12.6 Å². The molecular formula is C9H10OS. The largest absolute Gasteiger partial charge is 0.293 e. The predicted molar refractivity (Wildman–Crippen MR) is 49.4 cm³/mol. The number of hydrogen-bond donors (Lipinski definition) is 1. The van der Waals surface area contributed by atoms with Crippen LogP contribution in [0.25, 0.3) is 0 Å². The van der Waals surface area contributed by atoms with Crippen molar-refractivity contribution in [3.8, 4) is 0 Å². The van der Waals surface area contributed by atoms with Gasteiger partial charge in [0.05, 0.1) is 5.75 Å². The number of thiol groups is 1. The minimum atomic E-state index is 0.0772. The van der Waals surface area contributed by atoms with Crippen LogP contribution in [0.2, 0.25) is 0 Å². The molecule has 1 aromatic carbocycles. The third-order valence-corrected chi connectivity index (χ3v) is 1.80. The third kappa shape index (κ3) is 2.09. The standard InChI is InChI=1S/C9H10OS/c1-7-2-4-8(5-3-7)9(10)6-11/h2-5,11H,6H2,1H3. The van der Waals surface area contributed by atoms with Crippen LogP contribution in [0.5, 0.6) is 0 Å². The van der Waals surface area contributed by atoms with Gasteiger partial charge in [0.2, 0.25) is 0 Å². The molecule has 0 atom stereocenters. The van der Waals surface area contributed by atoms with Crippen molar-refractivity contribution in [2.45, 2.75) is 6.92 Å². The number of carbonyl (C=O) groups excluding carboxylic acids is 1. The van der Waals surface area contributed by atoms with E-state index in [0.29, 0.717) is 0 Å². The van der Waals surface area contributed by atoms with E-state index in [1.165, 1.54) is 5.56 Å². The van der Waals surface area contributed by atoms with E-state index in [-0.39, 0.29) is 11.5 Å². The van der Waals surface area contributed by atoms with Crippen molar-refractivity contribution in [2.75, 3.05) is 5.75 Å². The molecule has 0 aromatic heterocycles. The number of benzene rings is 1. The summed E-state index contributed by atoms with van der Waals surface area (Å²) in [6.07, 6.45) is 0. The fourth-order valence-electron chi connectivity index (χ4n) is 0.831. The summed E-state index contributed by atoms with van der Waals surface area (Å²) in [6.45, 7) is 1.99. The molecule has 0 fully saturated rings. The zero-order chi connectivity index (χ0) is 8.27. The number of ketones is 1. The molecule has 11 heavy (non-hydrogen) atoms. The van der Waals surface area contributed by atoms with Crippen molar-refractivity contribution < 1.29 is 4.79 Å². The van der Waals surface area contributed by atoms with Gasteiger partial charge in [-0.25, -0.2) is 0 Å². The Morgan fingerprint density at radius 3 is 2.36 bits per heavy atom. The quantitative estimate of drug-likeness (QED) is 0.526. The number of Topliss-reactive ketones (excluding diaryl/α,β-unsaturated/α-hetero) is 1. The van der Waals surface area contributed by atoms with Gasteiger partial charge in [0.25, 0.3) is 0 Å². The average molecular weight is 166 g/mol. The van der Waals surface area contributed by atoms with Crippen molar-refractivity contribution in [1.29, 1.82) is 0 Å². The van der Waals surface area contributed by atoms with Crippen molar-refractivity contribution in [3.05, 3.63) is 35.4 Å². The lowest BCUT2D eigenvalue weighted by molar-refractivity contribution is 0.102. The van der Waals surface area contributed by atoms with Gasteiger partial charge in [-0.3, -0.25) is 4.79 Å². The van der Waals surface area contributed by atoms with E-state index in [9.17, 15) is 4.79 Å². The van der Waals surface area contributed by atoms with Crippen LogP contribution in [0.15, 0.2) is 24.3 Å². The molecule has 0 unspecified atom stereocenters. The lowest BCUT2D eigenvalue weighted by Crippen LogP contribution is -1.99. The van der Waals surface area contributed by atoms with Crippen LogP contribution in [-0.4, -0.2) is 11.5 Å². The SMILES string of the molecule is Cc1ccc(C(=O)CS)cc1. The van der Waals surface area contributed by atoms with Gasteiger partial charge in [0.15, 0.2) is 5.78 Å². The Hall–Kier alpha value is -0.760. The molecule has 1 rings (SSSR count). The highest BCUT2D eigenvalue weighted by atomic mass is 32.1. The Bertz CT molecular complexity index is 251. The fourth-order valence-corrected chi connectivity index (χ4v) is 1.01. The maximum absolute atomic E-state index is 11.0. The maximum atomic E-state index is 11.0. The zero-order valence-electron chi connectivity index (χ0n) is 6.37. The summed E-state index contributed by atoms with van der Waals surface area (Å²) in [5.74, 6) is 0.358. The Morgan fingerprint density at radius 1 is 1.36 bits per heavy atom. The summed E-state index contributed by atoms with van der Waals surface area (Å²) in [6, 6.07) is 7.51. The molecule has 0 spiro atoms. The number of aryl methyl sites for hydroxylation is 1. The second-order valence-corrected chi connectivity index (χ2v) is 2.76. The maximum Gasteiger partial charge on any atom is 0.172 e. The molecule has 0 bridgehead atoms. The topological polar surface area (TPSA) is 17.1 Å². The van der Waals surface area contributed by atoms with E-state index >= 15 is 0 Å². The van der Waals surface area contributed by atoms with E-state index in [0.717, 1.165) is 5.56 Å². The first kappa shape index (κ1) is 8.34. The van der Waals surface area contributed by atoms with Crippen molar-refractivity contribution >= 4 is 18.4 Å². The van der Waals surface area contributed by atoms with Gasteiger partial charge >= 0.3 is 0 Å². The molecule has 0 N–H and O–H groups in total. The second kappa shape index (κ2) is 3.58. The van der Waals surface area contributed by atoms with Gasteiger partial charge in [-0.2, -0.15) is 12.6 Å². The Morgan fingerprint density at radius 2 is 1.91 bits per heavy atom. The molecule has 58 valence electrons. The number of carbonyl (C=O) groups is 1. The Balaban J connectivity index is 2.90. The van der Waals surface area contributed by atoms with Crippen LogP contribution >= 0.6 is 12.6 Å². The average Bonchev–Trinajstić information content (AvgIpc) is 2.05. The highest BCUT2D eigenvalue weighted by Gasteiger charge is 2.00. The molecule has 0 aliphatic rings. The van der Waals surface area contributed by atoms with Crippen LogP contribution in [0.4, 0.5) is 0 Å². The van der Waals surface area contributed by atoms with Crippen LogP contribution in [0.1, 0.15) is 15.9 Å². The summed E-state index contributed by atoms with van der Waals surface area (Å²) in [7, 11) is 0. The van der Waals surface area contributed by atoms with Crippen molar-refractivity contribution in [3.63, 3.8) is 0 Å². The van der Waals surface area contributed by atoms with Gasteiger partial charge in [-0.15, -0.1) is 0 Å². The molecule has 0 saturated heterocycles. The number of rotatable bonds is 2. The van der Waals surface area contributed by atoms with Crippen LogP contribution in [0.3, 0.4) is 0 Å². The first-order chi connectivity index (χ1) is 5.24. The first-order valence-electron chi connectivity index (χ1n) is 3.45. The van der Waals surface area contributed by atoms with E-state index in [4.69, 9.17) is 0 Å². The highest BCUT2D eigenvalue weighted by Crippen LogP contribution is 2.04. The summed E-state index contributed by atoms with van der Waals surface area (Å²) in [4.78, 5) is 11.0. The lowest BCUT2D eigenvalue weighted by Gasteiger charge is -1.96. The molecule has 0 aliphatic heterocycles. The van der Waals surface area contributed by atoms with Gasteiger partial charge in [-0.05, 0) is 6.92 Å². The smallest absolute Gasteiger partial charge is 0.172 e. The van der Waals surface area contributed by atoms with Gasteiger partial charge in [-0.1, -0.05) is 29.8 Å². The van der Waals surface area contributed by atoms with E-state index in [1.54, 1.807) is 0 Å². The van der Waals surface area contributed by atoms with E-state index in [1.807, 2.05) is 31.2 Å². The molecule has 0 saturated carbocycles. The molecule has 0 aliphatic carbocycles. The Labute approximate surface area is 71.8 Å². The van der Waals surface area contributed by atoms with Crippen LogP contribution in [0, 0.1) is 6.92 Å². The summed E-state index contributed by atoms with van der Waals surface area (Å²) >= 11 is 3.90. The van der Waals surface area contributed by atoms with Crippen LogP contribution < -0.4 is 0 Å². The van der Waals surface area contributed by atoms with Gasteiger partial charge < -0.3 is 0 Å². The predicted octanol–water partition coefficient (Wildman–Crippen LogP) is 2.11. The molecule has 0 radical (unpaired) electrons. The molecular weight excluding hydrogens is 156 g/mol. The van der Waals surface area contributed by atoms with Crippen LogP contribution in [-0.2, 0) is 0 Å². The number of hydrogen-bond acceptors (Lipinski definition) is 2. The minimum absolute atomic E-state index is 0.0772. The monoisotopic (exact) mass is 166 g/mol.